The predicted molar refractivity (Wildman–Crippen MR) is 124 cm³/mol. The van der Waals surface area contributed by atoms with Crippen molar-refractivity contribution < 1.29 is 23.0 Å². The highest BCUT2D eigenvalue weighted by Gasteiger charge is 2.29. The normalized spacial score (nSPS) is 16.1. The Kier molecular flexibility index (Phi) is 5.85. The third-order valence-corrected chi connectivity index (χ3v) is 6.04. The van der Waals surface area contributed by atoms with E-state index in [0.717, 1.165) is 5.56 Å². The van der Waals surface area contributed by atoms with E-state index in [2.05, 4.69) is 9.97 Å². The van der Waals surface area contributed by atoms with E-state index in [1.54, 1.807) is 9.30 Å². The van der Waals surface area contributed by atoms with Crippen molar-refractivity contribution in [3.8, 4) is 16.9 Å². The van der Waals surface area contributed by atoms with Crippen LogP contribution in [0.1, 0.15) is 11.3 Å². The summed E-state index contributed by atoms with van der Waals surface area (Å²) in [5.74, 6) is -1.30. The van der Waals surface area contributed by atoms with Crippen molar-refractivity contribution >= 4 is 17.6 Å². The van der Waals surface area contributed by atoms with E-state index in [4.69, 9.17) is 15.2 Å². The zero-order chi connectivity index (χ0) is 24.7. The summed E-state index contributed by atoms with van der Waals surface area (Å²) in [5, 5.41) is 0. The average molecular weight is 482 g/mol. The standard InChI is InChI=1S/C24H24F2N6O3/c1-14-3-4-32-19(10-16-11-30(5-6-35-16)24(33)34-2)23(29-21(32)7-14)22-17(25)8-15(9-18(22)26)31-12-20(27)28-13-31/h3-4,7-9,12-13,16H,5-6,10-11,27H2,1-2H3. The van der Waals surface area contributed by atoms with Crippen LogP contribution in [0, 0.1) is 18.6 Å². The summed E-state index contributed by atoms with van der Waals surface area (Å²) in [6.07, 6.45) is 4.11. The molecule has 9 nitrogen and oxygen atoms in total. The number of imidazole rings is 2. The molecule has 35 heavy (non-hydrogen) atoms. The van der Waals surface area contributed by atoms with Gasteiger partial charge in [-0.3, -0.25) is 0 Å². The number of nitrogens with zero attached hydrogens (tertiary/aromatic N) is 5. The van der Waals surface area contributed by atoms with Crippen molar-refractivity contribution in [1.29, 1.82) is 0 Å². The Balaban J connectivity index is 1.58. The van der Waals surface area contributed by atoms with Crippen molar-refractivity contribution in [2.75, 3.05) is 32.5 Å². The molecule has 1 aliphatic heterocycles. The molecule has 1 amide bonds. The van der Waals surface area contributed by atoms with Crippen LogP contribution >= 0.6 is 0 Å². The number of halogens is 2. The number of hydrogen-bond acceptors (Lipinski definition) is 6. The van der Waals surface area contributed by atoms with Gasteiger partial charge in [0.05, 0.1) is 55.2 Å². The molecule has 4 aromatic rings. The molecule has 5 rings (SSSR count). The fourth-order valence-corrected chi connectivity index (χ4v) is 4.36. The number of morpholine rings is 1. The van der Waals surface area contributed by atoms with E-state index in [0.29, 0.717) is 24.5 Å². The number of anilines is 1. The zero-order valence-electron chi connectivity index (χ0n) is 19.2. The van der Waals surface area contributed by atoms with Crippen LogP contribution in [0.4, 0.5) is 19.4 Å². The fourth-order valence-electron chi connectivity index (χ4n) is 4.36. The summed E-state index contributed by atoms with van der Waals surface area (Å²) in [4.78, 5) is 22.1. The molecule has 11 heteroatoms. The molecular formula is C24H24F2N6O3. The van der Waals surface area contributed by atoms with Gasteiger partial charge >= 0.3 is 6.09 Å². The minimum atomic E-state index is -0.769. The number of carbonyl (C=O) groups excluding carboxylic acids is 1. The molecule has 1 saturated heterocycles. The maximum atomic E-state index is 15.4. The van der Waals surface area contributed by atoms with Crippen molar-refractivity contribution in [2.45, 2.75) is 19.4 Å². The molecule has 1 aromatic carbocycles. The molecule has 0 aliphatic carbocycles. The van der Waals surface area contributed by atoms with Crippen LogP contribution in [-0.4, -0.2) is 62.8 Å². The van der Waals surface area contributed by atoms with Gasteiger partial charge in [-0.2, -0.15) is 0 Å². The van der Waals surface area contributed by atoms with Crippen LogP contribution in [0.2, 0.25) is 0 Å². The highest BCUT2D eigenvalue weighted by molar-refractivity contribution is 5.70. The monoisotopic (exact) mass is 482 g/mol. The number of nitrogen functional groups attached to an aromatic ring is 1. The molecule has 0 spiro atoms. The summed E-state index contributed by atoms with van der Waals surface area (Å²) >= 11 is 0. The molecule has 1 aliphatic rings. The Morgan fingerprint density at radius 1 is 1.29 bits per heavy atom. The van der Waals surface area contributed by atoms with Gasteiger partial charge in [0.15, 0.2) is 0 Å². The maximum Gasteiger partial charge on any atom is 0.409 e. The number of aryl methyl sites for hydroxylation is 1. The summed E-state index contributed by atoms with van der Waals surface area (Å²) < 4.78 is 44.8. The molecule has 0 saturated carbocycles. The highest BCUT2D eigenvalue weighted by Crippen LogP contribution is 2.33. The van der Waals surface area contributed by atoms with Crippen LogP contribution in [0.5, 0.6) is 0 Å². The fraction of sp³-hybridized carbons (Fsp3) is 0.292. The lowest BCUT2D eigenvalue weighted by Crippen LogP contribution is -2.46. The first-order chi connectivity index (χ1) is 16.8. The number of ether oxygens (including phenoxy) is 2. The van der Waals surface area contributed by atoms with Crippen LogP contribution in [0.3, 0.4) is 0 Å². The van der Waals surface area contributed by atoms with E-state index in [9.17, 15) is 4.79 Å². The number of pyridine rings is 1. The molecular weight excluding hydrogens is 458 g/mol. The number of aromatic nitrogens is 4. The number of methoxy groups -OCH3 is 1. The largest absolute Gasteiger partial charge is 0.453 e. The third kappa shape index (κ3) is 4.30. The maximum absolute atomic E-state index is 15.4. The van der Waals surface area contributed by atoms with Crippen molar-refractivity contribution in [2.24, 2.45) is 0 Å². The number of carbonyl (C=O) groups is 1. The smallest absolute Gasteiger partial charge is 0.409 e. The lowest BCUT2D eigenvalue weighted by molar-refractivity contribution is -0.0241. The molecule has 0 radical (unpaired) electrons. The van der Waals surface area contributed by atoms with E-state index < -0.39 is 23.8 Å². The van der Waals surface area contributed by atoms with Crippen LogP contribution in [0.25, 0.3) is 22.6 Å². The second-order valence-electron chi connectivity index (χ2n) is 8.44. The first-order valence-electron chi connectivity index (χ1n) is 11.1. The molecule has 3 aromatic heterocycles. The molecule has 2 N–H and O–H groups in total. The Labute approximate surface area is 199 Å². The van der Waals surface area contributed by atoms with Crippen molar-refractivity contribution in [1.82, 2.24) is 23.8 Å². The van der Waals surface area contributed by atoms with Gasteiger partial charge in [-0.25, -0.2) is 23.5 Å². The first kappa shape index (κ1) is 22.8. The van der Waals surface area contributed by atoms with Gasteiger partial charge in [-0.05, 0) is 36.8 Å². The zero-order valence-corrected chi connectivity index (χ0v) is 19.2. The SMILES string of the molecule is COC(=O)N1CCOC(Cc2c(-c3c(F)cc(-n4cnc(N)c4)cc3F)nc3cc(C)ccn23)C1. The Bertz CT molecular complexity index is 1390. The summed E-state index contributed by atoms with van der Waals surface area (Å²) in [6.45, 7) is 2.94. The second-order valence-corrected chi connectivity index (χ2v) is 8.44. The summed E-state index contributed by atoms with van der Waals surface area (Å²) in [6, 6.07) is 6.17. The van der Waals surface area contributed by atoms with Crippen LogP contribution < -0.4 is 5.73 Å². The summed E-state index contributed by atoms with van der Waals surface area (Å²) in [7, 11) is 1.32. The molecule has 1 fully saturated rings. The number of benzene rings is 1. The van der Waals surface area contributed by atoms with Crippen LogP contribution in [0.15, 0.2) is 43.0 Å². The number of fused-ring (bicyclic) bond motifs is 1. The lowest BCUT2D eigenvalue weighted by atomic mass is 10.0. The minimum Gasteiger partial charge on any atom is -0.453 e. The van der Waals surface area contributed by atoms with Crippen molar-refractivity contribution in [3.63, 3.8) is 0 Å². The van der Waals surface area contributed by atoms with Crippen molar-refractivity contribution in [3.05, 3.63) is 65.9 Å². The second kappa shape index (κ2) is 8.99. The number of hydrogen-bond donors (Lipinski definition) is 1. The summed E-state index contributed by atoms with van der Waals surface area (Å²) in [5.41, 5.74) is 7.92. The molecule has 1 unspecified atom stereocenters. The Morgan fingerprint density at radius 2 is 2.06 bits per heavy atom. The van der Waals surface area contributed by atoms with E-state index >= 15 is 8.78 Å². The molecule has 4 heterocycles. The molecule has 1 atom stereocenters. The quantitative estimate of drug-likeness (QED) is 0.479. The Morgan fingerprint density at radius 3 is 2.74 bits per heavy atom. The van der Waals surface area contributed by atoms with Gasteiger partial charge in [0.1, 0.15) is 29.4 Å². The van der Waals surface area contributed by atoms with E-state index in [-0.39, 0.29) is 35.7 Å². The number of amides is 1. The minimum absolute atomic E-state index is 0.182. The topological polar surface area (TPSA) is 99.9 Å². The number of nitrogens with two attached hydrogens (primary N) is 1. The van der Waals surface area contributed by atoms with Gasteiger partial charge in [0.25, 0.3) is 0 Å². The van der Waals surface area contributed by atoms with Gasteiger partial charge in [-0.1, -0.05) is 0 Å². The lowest BCUT2D eigenvalue weighted by Gasteiger charge is -2.32. The van der Waals surface area contributed by atoms with Gasteiger partial charge in [-0.15, -0.1) is 0 Å². The highest BCUT2D eigenvalue weighted by atomic mass is 19.1. The van der Waals surface area contributed by atoms with Gasteiger partial charge in [0, 0.05) is 19.2 Å². The number of rotatable bonds is 4. The van der Waals surface area contributed by atoms with Crippen LogP contribution in [-0.2, 0) is 15.9 Å². The molecule has 182 valence electrons. The van der Waals surface area contributed by atoms with E-state index in [1.807, 2.05) is 25.3 Å². The van der Waals surface area contributed by atoms with E-state index in [1.165, 1.54) is 36.3 Å². The average Bonchev–Trinajstić information content (AvgIpc) is 3.41. The van der Waals surface area contributed by atoms with Gasteiger partial charge in [0.2, 0.25) is 0 Å². The van der Waals surface area contributed by atoms with Gasteiger partial charge < -0.3 is 29.1 Å². The first-order valence-corrected chi connectivity index (χ1v) is 11.1. The predicted octanol–water partition coefficient (Wildman–Crippen LogP) is 3.37. The third-order valence-electron chi connectivity index (χ3n) is 6.04. The Hall–Kier alpha value is -3.99. The molecule has 0 bridgehead atoms.